The molecule has 26 heavy (non-hydrogen) atoms. The largest absolute Gasteiger partial charge is 0.507 e. The van der Waals surface area contributed by atoms with E-state index in [1.807, 2.05) is 12.1 Å². The van der Waals surface area contributed by atoms with E-state index in [0.29, 0.717) is 18.0 Å². The van der Waals surface area contributed by atoms with E-state index in [0.717, 1.165) is 25.4 Å². The summed E-state index contributed by atoms with van der Waals surface area (Å²) < 4.78 is 10.7. The average molecular weight is 358 g/mol. The van der Waals surface area contributed by atoms with Crippen LogP contribution in [0.2, 0.25) is 0 Å². The van der Waals surface area contributed by atoms with Crippen molar-refractivity contribution in [1.82, 2.24) is 4.90 Å². The first kappa shape index (κ1) is 19.6. The van der Waals surface area contributed by atoms with E-state index < -0.39 is 0 Å². The Morgan fingerprint density at radius 1 is 1.08 bits per heavy atom. The van der Waals surface area contributed by atoms with Crippen molar-refractivity contribution in [2.24, 2.45) is 0 Å². The minimum atomic E-state index is -0.389. The summed E-state index contributed by atoms with van der Waals surface area (Å²) in [6, 6.07) is 11.7. The van der Waals surface area contributed by atoms with Gasteiger partial charge >= 0.3 is 0 Å². The van der Waals surface area contributed by atoms with Crippen LogP contribution in [0.25, 0.3) is 0 Å². The minimum absolute atomic E-state index is 0.127. The number of nitrogens with one attached hydrogen (secondary N) is 1. The van der Waals surface area contributed by atoms with Crippen LogP contribution in [0.5, 0.6) is 17.2 Å². The molecule has 140 valence electrons. The van der Waals surface area contributed by atoms with Gasteiger partial charge in [0, 0.05) is 18.3 Å². The highest BCUT2D eigenvalue weighted by Gasteiger charge is 2.12. The highest BCUT2D eigenvalue weighted by molar-refractivity contribution is 6.06. The monoisotopic (exact) mass is 358 g/mol. The van der Waals surface area contributed by atoms with Crippen molar-refractivity contribution >= 4 is 11.6 Å². The number of carbonyl (C=O) groups excluding carboxylic acids is 1. The molecule has 0 heterocycles. The van der Waals surface area contributed by atoms with Gasteiger partial charge in [0.15, 0.2) is 0 Å². The average Bonchev–Trinajstić information content (AvgIpc) is 2.66. The standard InChI is InChI=1S/C20H26N2O4/c1-4-22(5-2)12-13-26-16-8-6-15(7-9-16)21-20(24)18-11-10-17(25-3)14-19(18)23/h6-11,14,23H,4-5,12-13H2,1-3H3,(H,21,24). The van der Waals surface area contributed by atoms with Crippen molar-refractivity contribution in [3.05, 3.63) is 48.0 Å². The summed E-state index contributed by atoms with van der Waals surface area (Å²) in [5.41, 5.74) is 0.812. The Bertz CT molecular complexity index is 712. The molecule has 2 aromatic rings. The molecule has 0 aliphatic carbocycles. The SMILES string of the molecule is CCN(CC)CCOc1ccc(NC(=O)c2ccc(OC)cc2O)cc1. The first-order chi connectivity index (χ1) is 12.6. The second kappa shape index (κ2) is 9.68. The van der Waals surface area contributed by atoms with Gasteiger partial charge in [-0.2, -0.15) is 0 Å². The number of ether oxygens (including phenoxy) is 2. The molecule has 1 amide bonds. The number of nitrogens with zero attached hydrogens (tertiary/aromatic N) is 1. The van der Waals surface area contributed by atoms with Crippen LogP contribution < -0.4 is 14.8 Å². The highest BCUT2D eigenvalue weighted by atomic mass is 16.5. The van der Waals surface area contributed by atoms with Crippen molar-refractivity contribution in [2.75, 3.05) is 38.7 Å². The van der Waals surface area contributed by atoms with Crippen molar-refractivity contribution < 1.29 is 19.4 Å². The smallest absolute Gasteiger partial charge is 0.259 e. The van der Waals surface area contributed by atoms with Gasteiger partial charge in [-0.05, 0) is 49.5 Å². The molecule has 0 bridgehead atoms. The van der Waals surface area contributed by atoms with Crippen LogP contribution in [0.4, 0.5) is 5.69 Å². The maximum Gasteiger partial charge on any atom is 0.259 e. The van der Waals surface area contributed by atoms with Crippen LogP contribution in [0.1, 0.15) is 24.2 Å². The molecule has 0 spiro atoms. The molecular formula is C20H26N2O4. The van der Waals surface area contributed by atoms with Crippen LogP contribution in [0.15, 0.2) is 42.5 Å². The summed E-state index contributed by atoms with van der Waals surface area (Å²) in [7, 11) is 1.50. The Morgan fingerprint density at radius 2 is 1.73 bits per heavy atom. The maximum absolute atomic E-state index is 12.3. The molecule has 0 radical (unpaired) electrons. The molecular weight excluding hydrogens is 332 g/mol. The summed E-state index contributed by atoms with van der Waals surface area (Å²) in [5.74, 6) is 0.728. The number of amides is 1. The molecule has 2 rings (SSSR count). The first-order valence-corrected chi connectivity index (χ1v) is 8.71. The van der Waals surface area contributed by atoms with E-state index >= 15 is 0 Å². The molecule has 0 aromatic heterocycles. The van der Waals surface area contributed by atoms with Gasteiger partial charge in [0.05, 0.1) is 12.7 Å². The van der Waals surface area contributed by atoms with Crippen LogP contribution in [0, 0.1) is 0 Å². The lowest BCUT2D eigenvalue weighted by molar-refractivity contribution is 0.102. The molecule has 0 saturated carbocycles. The summed E-state index contributed by atoms with van der Waals surface area (Å²) >= 11 is 0. The third-order valence-corrected chi connectivity index (χ3v) is 4.13. The summed E-state index contributed by atoms with van der Waals surface area (Å²) in [5, 5.41) is 12.7. The summed E-state index contributed by atoms with van der Waals surface area (Å²) in [6.07, 6.45) is 0. The number of hydrogen-bond acceptors (Lipinski definition) is 5. The minimum Gasteiger partial charge on any atom is -0.507 e. The lowest BCUT2D eigenvalue weighted by Gasteiger charge is -2.18. The van der Waals surface area contributed by atoms with Gasteiger partial charge in [-0.15, -0.1) is 0 Å². The van der Waals surface area contributed by atoms with Gasteiger partial charge in [-0.25, -0.2) is 0 Å². The second-order valence-electron chi connectivity index (χ2n) is 5.74. The zero-order valence-corrected chi connectivity index (χ0v) is 15.5. The topological polar surface area (TPSA) is 71.0 Å². The highest BCUT2D eigenvalue weighted by Crippen LogP contribution is 2.24. The van der Waals surface area contributed by atoms with Gasteiger partial charge in [0.25, 0.3) is 5.91 Å². The number of phenols is 1. The number of phenolic OH excluding ortho intramolecular Hbond substituents is 1. The molecule has 6 heteroatoms. The number of methoxy groups -OCH3 is 1. The van der Waals surface area contributed by atoms with Crippen molar-refractivity contribution in [1.29, 1.82) is 0 Å². The Hall–Kier alpha value is -2.73. The summed E-state index contributed by atoms with van der Waals surface area (Å²) in [6.45, 7) is 7.75. The third-order valence-electron chi connectivity index (χ3n) is 4.13. The fraction of sp³-hybridized carbons (Fsp3) is 0.350. The van der Waals surface area contributed by atoms with E-state index in [1.54, 1.807) is 18.2 Å². The van der Waals surface area contributed by atoms with E-state index in [1.165, 1.54) is 19.2 Å². The Morgan fingerprint density at radius 3 is 2.31 bits per heavy atom. The molecule has 0 fully saturated rings. The van der Waals surface area contributed by atoms with E-state index in [2.05, 4.69) is 24.1 Å². The van der Waals surface area contributed by atoms with Gasteiger partial charge in [-0.3, -0.25) is 4.79 Å². The van der Waals surface area contributed by atoms with E-state index in [9.17, 15) is 9.90 Å². The van der Waals surface area contributed by atoms with E-state index in [-0.39, 0.29) is 17.2 Å². The fourth-order valence-electron chi connectivity index (χ4n) is 2.50. The van der Waals surface area contributed by atoms with Gasteiger partial charge in [-0.1, -0.05) is 13.8 Å². The van der Waals surface area contributed by atoms with Crippen LogP contribution >= 0.6 is 0 Å². The molecule has 2 N–H and O–H groups in total. The van der Waals surface area contributed by atoms with Gasteiger partial charge < -0.3 is 24.8 Å². The molecule has 0 atom stereocenters. The number of carbonyl (C=O) groups is 1. The van der Waals surface area contributed by atoms with Crippen molar-refractivity contribution in [3.63, 3.8) is 0 Å². The lowest BCUT2D eigenvalue weighted by Crippen LogP contribution is -2.27. The maximum atomic E-state index is 12.3. The van der Waals surface area contributed by atoms with Gasteiger partial charge in [0.2, 0.25) is 0 Å². The third kappa shape index (κ3) is 5.39. The molecule has 0 saturated heterocycles. The zero-order valence-electron chi connectivity index (χ0n) is 15.5. The quantitative estimate of drug-likeness (QED) is 0.719. The number of likely N-dealkylation sites (N-methyl/N-ethyl adjacent to an activating group) is 1. The van der Waals surface area contributed by atoms with Crippen LogP contribution in [-0.4, -0.2) is 49.3 Å². The predicted molar refractivity (Wildman–Crippen MR) is 102 cm³/mol. The predicted octanol–water partition coefficient (Wildman–Crippen LogP) is 3.37. The van der Waals surface area contributed by atoms with Crippen LogP contribution in [-0.2, 0) is 0 Å². The molecule has 6 nitrogen and oxygen atoms in total. The number of hydrogen-bond donors (Lipinski definition) is 2. The Kier molecular flexibility index (Phi) is 7.29. The number of aromatic hydroxyl groups is 1. The Balaban J connectivity index is 1.91. The molecule has 0 aliphatic heterocycles. The second-order valence-corrected chi connectivity index (χ2v) is 5.74. The summed E-state index contributed by atoms with van der Waals surface area (Å²) in [4.78, 5) is 14.6. The fourth-order valence-corrected chi connectivity index (χ4v) is 2.50. The normalized spacial score (nSPS) is 10.6. The number of benzene rings is 2. The first-order valence-electron chi connectivity index (χ1n) is 8.71. The Labute approximate surface area is 154 Å². The van der Waals surface area contributed by atoms with Crippen LogP contribution in [0.3, 0.4) is 0 Å². The lowest BCUT2D eigenvalue weighted by atomic mass is 10.1. The molecule has 0 unspecified atom stereocenters. The zero-order chi connectivity index (χ0) is 18.9. The van der Waals surface area contributed by atoms with Crippen molar-refractivity contribution in [3.8, 4) is 17.2 Å². The van der Waals surface area contributed by atoms with Crippen molar-refractivity contribution in [2.45, 2.75) is 13.8 Å². The van der Waals surface area contributed by atoms with E-state index in [4.69, 9.17) is 9.47 Å². The number of rotatable bonds is 9. The molecule has 2 aromatic carbocycles. The molecule has 0 aliphatic rings. The van der Waals surface area contributed by atoms with Gasteiger partial charge in [0.1, 0.15) is 23.9 Å². The number of anilines is 1.